The standard InChI is InChI=1S/C38H22N2O2/c1-2-9-26-25(8-1)24(16-17-27(26)32-12-7-13-34(40-32)33-11-5-6-19-39-33)23-15-18-36-29(20-23)31-22-37-30(21-38(31)42-36)28-10-3-4-14-35(28)41-37/h1-22H. The number of furan rings is 2. The Balaban J connectivity index is 1.21. The van der Waals surface area contributed by atoms with E-state index in [1.807, 2.05) is 48.5 Å². The van der Waals surface area contributed by atoms with Crippen LogP contribution < -0.4 is 0 Å². The van der Waals surface area contributed by atoms with Crippen molar-refractivity contribution in [1.82, 2.24) is 9.97 Å². The average molecular weight is 539 g/mol. The third-order valence-electron chi connectivity index (χ3n) is 8.16. The highest BCUT2D eigenvalue weighted by molar-refractivity contribution is 6.15. The van der Waals surface area contributed by atoms with Crippen LogP contribution in [0.1, 0.15) is 0 Å². The van der Waals surface area contributed by atoms with E-state index < -0.39 is 0 Å². The maximum atomic E-state index is 6.33. The lowest BCUT2D eigenvalue weighted by Crippen LogP contribution is -1.91. The Morgan fingerprint density at radius 2 is 1.00 bits per heavy atom. The van der Waals surface area contributed by atoms with E-state index in [1.54, 1.807) is 6.20 Å². The molecule has 0 aliphatic rings. The van der Waals surface area contributed by atoms with E-state index in [0.717, 1.165) is 83.0 Å². The van der Waals surface area contributed by atoms with Crippen LogP contribution in [0.15, 0.2) is 142 Å². The molecule has 0 saturated carbocycles. The van der Waals surface area contributed by atoms with Crippen molar-refractivity contribution in [2.45, 2.75) is 0 Å². The van der Waals surface area contributed by atoms with Crippen LogP contribution >= 0.6 is 0 Å². The number of hydrogen-bond acceptors (Lipinski definition) is 4. The summed E-state index contributed by atoms with van der Waals surface area (Å²) in [6.07, 6.45) is 1.80. The summed E-state index contributed by atoms with van der Waals surface area (Å²) in [5, 5.41) is 6.62. The summed E-state index contributed by atoms with van der Waals surface area (Å²) in [6, 6.07) is 43.7. The average Bonchev–Trinajstić information content (AvgIpc) is 3.60. The summed E-state index contributed by atoms with van der Waals surface area (Å²) >= 11 is 0. The van der Waals surface area contributed by atoms with E-state index in [0.29, 0.717) is 0 Å². The van der Waals surface area contributed by atoms with E-state index >= 15 is 0 Å². The molecule has 4 heteroatoms. The van der Waals surface area contributed by atoms with Gasteiger partial charge in [-0.2, -0.15) is 0 Å². The van der Waals surface area contributed by atoms with Crippen molar-refractivity contribution in [3.8, 4) is 33.8 Å². The molecule has 9 aromatic rings. The molecule has 0 unspecified atom stereocenters. The highest BCUT2D eigenvalue weighted by atomic mass is 16.3. The number of hydrogen-bond donors (Lipinski definition) is 0. The second kappa shape index (κ2) is 8.88. The van der Waals surface area contributed by atoms with Crippen molar-refractivity contribution in [3.05, 3.63) is 134 Å². The number of rotatable bonds is 3. The number of aromatic nitrogens is 2. The lowest BCUT2D eigenvalue weighted by molar-refractivity contribution is 0.664. The number of fused-ring (bicyclic) bond motifs is 7. The third kappa shape index (κ3) is 3.49. The molecule has 0 N–H and O–H groups in total. The lowest BCUT2D eigenvalue weighted by atomic mass is 9.93. The number of para-hydroxylation sites is 1. The Bertz CT molecular complexity index is 2470. The fourth-order valence-electron chi connectivity index (χ4n) is 6.18. The summed E-state index contributed by atoms with van der Waals surface area (Å²) in [6.45, 7) is 0. The van der Waals surface area contributed by atoms with Crippen molar-refractivity contribution in [1.29, 1.82) is 0 Å². The molecule has 0 spiro atoms. The van der Waals surface area contributed by atoms with Crippen LogP contribution in [0.5, 0.6) is 0 Å². The summed E-state index contributed by atoms with van der Waals surface area (Å²) in [5.74, 6) is 0. The molecule has 4 nitrogen and oxygen atoms in total. The minimum atomic E-state index is 0.858. The summed E-state index contributed by atoms with van der Waals surface area (Å²) in [5.41, 5.74) is 9.51. The number of pyridine rings is 2. The van der Waals surface area contributed by atoms with Gasteiger partial charge in [-0.1, -0.05) is 72.8 Å². The fraction of sp³-hybridized carbons (Fsp3) is 0. The van der Waals surface area contributed by atoms with Crippen molar-refractivity contribution in [2.24, 2.45) is 0 Å². The molecular weight excluding hydrogens is 516 g/mol. The van der Waals surface area contributed by atoms with Gasteiger partial charge in [0.05, 0.1) is 17.1 Å². The zero-order valence-electron chi connectivity index (χ0n) is 22.4. The molecule has 0 atom stereocenters. The normalized spacial score (nSPS) is 11.8. The largest absolute Gasteiger partial charge is 0.456 e. The Morgan fingerprint density at radius 1 is 0.381 bits per heavy atom. The highest BCUT2D eigenvalue weighted by Crippen LogP contribution is 2.40. The second-order valence-electron chi connectivity index (χ2n) is 10.6. The maximum absolute atomic E-state index is 6.33. The molecular formula is C38H22N2O2. The molecule has 0 radical (unpaired) electrons. The molecule has 4 aromatic heterocycles. The maximum Gasteiger partial charge on any atom is 0.136 e. The smallest absolute Gasteiger partial charge is 0.136 e. The SMILES string of the molecule is c1ccc(-c2cccc(-c3ccc(-c4ccc5oc6cc7c(cc6c5c4)oc4ccccc47)c4ccccc34)n2)nc1. The summed E-state index contributed by atoms with van der Waals surface area (Å²) < 4.78 is 12.5. The van der Waals surface area contributed by atoms with Gasteiger partial charge in [0.1, 0.15) is 22.3 Å². The summed E-state index contributed by atoms with van der Waals surface area (Å²) in [7, 11) is 0. The highest BCUT2D eigenvalue weighted by Gasteiger charge is 2.16. The second-order valence-corrected chi connectivity index (χ2v) is 10.6. The fourth-order valence-corrected chi connectivity index (χ4v) is 6.18. The first-order valence-electron chi connectivity index (χ1n) is 14.0. The Hall–Kier alpha value is -5.74. The van der Waals surface area contributed by atoms with E-state index in [1.165, 1.54) is 5.39 Å². The van der Waals surface area contributed by atoms with Crippen LogP contribution in [-0.4, -0.2) is 9.97 Å². The van der Waals surface area contributed by atoms with Crippen molar-refractivity contribution in [2.75, 3.05) is 0 Å². The monoisotopic (exact) mass is 538 g/mol. The quantitative estimate of drug-likeness (QED) is 0.224. The van der Waals surface area contributed by atoms with Crippen LogP contribution in [0.4, 0.5) is 0 Å². The molecule has 5 aromatic carbocycles. The molecule has 0 aliphatic carbocycles. The number of benzene rings is 5. The van der Waals surface area contributed by atoms with Gasteiger partial charge in [-0.05, 0) is 76.5 Å². The molecule has 42 heavy (non-hydrogen) atoms. The van der Waals surface area contributed by atoms with Crippen molar-refractivity contribution in [3.63, 3.8) is 0 Å². The zero-order valence-corrected chi connectivity index (χ0v) is 22.4. The number of nitrogens with zero attached hydrogens (tertiary/aromatic N) is 2. The molecule has 9 rings (SSSR count). The van der Waals surface area contributed by atoms with E-state index in [9.17, 15) is 0 Å². The van der Waals surface area contributed by atoms with E-state index in [4.69, 9.17) is 13.8 Å². The van der Waals surface area contributed by atoms with Crippen LogP contribution in [0.3, 0.4) is 0 Å². The molecule has 0 amide bonds. The minimum Gasteiger partial charge on any atom is -0.456 e. The van der Waals surface area contributed by atoms with Gasteiger partial charge in [0.2, 0.25) is 0 Å². The van der Waals surface area contributed by atoms with E-state index in [2.05, 4.69) is 83.8 Å². The molecule has 0 saturated heterocycles. The Morgan fingerprint density at radius 3 is 1.81 bits per heavy atom. The molecule has 0 aliphatic heterocycles. The zero-order chi connectivity index (χ0) is 27.6. The van der Waals surface area contributed by atoms with E-state index in [-0.39, 0.29) is 0 Å². The van der Waals surface area contributed by atoms with Gasteiger partial charge in [0, 0.05) is 33.3 Å². The van der Waals surface area contributed by atoms with Crippen molar-refractivity contribution < 1.29 is 8.83 Å². The van der Waals surface area contributed by atoms with Gasteiger partial charge in [0.25, 0.3) is 0 Å². The third-order valence-corrected chi connectivity index (χ3v) is 8.16. The van der Waals surface area contributed by atoms with Crippen molar-refractivity contribution >= 4 is 54.6 Å². The van der Waals surface area contributed by atoms with Crippen LogP contribution in [-0.2, 0) is 0 Å². The Labute approximate surface area is 240 Å². The first-order chi connectivity index (χ1) is 20.8. The van der Waals surface area contributed by atoms with Gasteiger partial charge >= 0.3 is 0 Å². The molecule has 0 bridgehead atoms. The van der Waals surface area contributed by atoms with Crippen LogP contribution in [0.25, 0.3) is 88.4 Å². The van der Waals surface area contributed by atoms with Crippen LogP contribution in [0.2, 0.25) is 0 Å². The predicted molar refractivity (Wildman–Crippen MR) is 170 cm³/mol. The Kier molecular flexibility index (Phi) is 4.87. The first kappa shape index (κ1) is 23.0. The predicted octanol–water partition coefficient (Wildman–Crippen LogP) is 10.4. The van der Waals surface area contributed by atoms with Crippen LogP contribution in [0, 0.1) is 0 Å². The lowest BCUT2D eigenvalue weighted by Gasteiger charge is -2.12. The molecule has 4 heterocycles. The van der Waals surface area contributed by atoms with Gasteiger partial charge in [-0.25, -0.2) is 4.98 Å². The van der Waals surface area contributed by atoms with Gasteiger partial charge < -0.3 is 8.83 Å². The van der Waals surface area contributed by atoms with Gasteiger partial charge in [-0.15, -0.1) is 0 Å². The minimum absolute atomic E-state index is 0.858. The first-order valence-corrected chi connectivity index (χ1v) is 14.0. The molecule has 196 valence electrons. The molecule has 0 fully saturated rings. The summed E-state index contributed by atoms with van der Waals surface area (Å²) in [4.78, 5) is 9.48. The van der Waals surface area contributed by atoms with Gasteiger partial charge in [-0.3, -0.25) is 4.98 Å². The topological polar surface area (TPSA) is 52.1 Å². The van der Waals surface area contributed by atoms with Gasteiger partial charge in [0.15, 0.2) is 0 Å².